The number of fused-ring (bicyclic) bond motifs is 1. The van der Waals surface area contributed by atoms with Crippen LogP contribution in [0.2, 0.25) is 0 Å². The molecule has 0 bridgehead atoms. The van der Waals surface area contributed by atoms with Gasteiger partial charge in [0.25, 0.3) is 0 Å². The van der Waals surface area contributed by atoms with E-state index in [1.807, 2.05) is 12.1 Å². The molecule has 2 nitrogen and oxygen atoms in total. The Bertz CT molecular complexity index is 331. The molecule has 70 valence electrons. The average Bonchev–Trinajstić information content (AvgIpc) is 2.37. The van der Waals surface area contributed by atoms with Gasteiger partial charge in [-0.15, -0.1) is 0 Å². The second-order valence-corrected chi connectivity index (χ2v) is 4.15. The summed E-state index contributed by atoms with van der Waals surface area (Å²) in [5.41, 5.74) is 7.97. The SMILES string of the molecule is CC1(C)Cc2cccc(CN)c2O1. The predicted molar refractivity (Wildman–Crippen MR) is 52.7 cm³/mol. The molecule has 2 heteroatoms. The minimum atomic E-state index is -0.0619. The molecule has 0 atom stereocenters. The van der Waals surface area contributed by atoms with Crippen LogP contribution in [-0.2, 0) is 13.0 Å². The highest BCUT2D eigenvalue weighted by Gasteiger charge is 2.30. The van der Waals surface area contributed by atoms with E-state index in [1.54, 1.807) is 0 Å². The van der Waals surface area contributed by atoms with Crippen molar-refractivity contribution in [2.75, 3.05) is 0 Å². The molecule has 1 aromatic rings. The molecule has 0 unspecified atom stereocenters. The van der Waals surface area contributed by atoms with Crippen LogP contribution in [0.15, 0.2) is 18.2 Å². The Balaban J connectivity index is 2.45. The zero-order valence-corrected chi connectivity index (χ0v) is 8.13. The molecule has 0 aliphatic carbocycles. The Morgan fingerprint density at radius 2 is 2.23 bits per heavy atom. The van der Waals surface area contributed by atoms with E-state index in [9.17, 15) is 0 Å². The van der Waals surface area contributed by atoms with E-state index in [4.69, 9.17) is 10.5 Å². The number of hydrogen-bond donors (Lipinski definition) is 1. The lowest BCUT2D eigenvalue weighted by Crippen LogP contribution is -2.25. The van der Waals surface area contributed by atoms with Crippen molar-refractivity contribution in [3.8, 4) is 5.75 Å². The van der Waals surface area contributed by atoms with E-state index in [2.05, 4.69) is 19.9 Å². The normalized spacial score (nSPS) is 18.1. The third kappa shape index (κ3) is 1.42. The Morgan fingerprint density at radius 1 is 1.46 bits per heavy atom. The third-order valence-electron chi connectivity index (χ3n) is 2.39. The van der Waals surface area contributed by atoms with Crippen molar-refractivity contribution in [3.05, 3.63) is 29.3 Å². The van der Waals surface area contributed by atoms with Crippen molar-refractivity contribution < 1.29 is 4.74 Å². The number of hydrogen-bond acceptors (Lipinski definition) is 2. The van der Waals surface area contributed by atoms with Crippen molar-refractivity contribution in [3.63, 3.8) is 0 Å². The molecule has 0 fully saturated rings. The molecule has 0 saturated heterocycles. The maximum atomic E-state index is 5.84. The topological polar surface area (TPSA) is 35.2 Å². The van der Waals surface area contributed by atoms with Crippen molar-refractivity contribution in [1.82, 2.24) is 0 Å². The zero-order valence-electron chi connectivity index (χ0n) is 8.13. The van der Waals surface area contributed by atoms with E-state index in [1.165, 1.54) is 5.56 Å². The highest BCUT2D eigenvalue weighted by atomic mass is 16.5. The van der Waals surface area contributed by atoms with Gasteiger partial charge in [0.15, 0.2) is 0 Å². The van der Waals surface area contributed by atoms with Crippen molar-refractivity contribution in [2.45, 2.75) is 32.4 Å². The molecular formula is C11H15NO. The van der Waals surface area contributed by atoms with Gasteiger partial charge in [0.05, 0.1) is 0 Å². The van der Waals surface area contributed by atoms with Gasteiger partial charge in [-0.05, 0) is 19.4 Å². The van der Waals surface area contributed by atoms with Crippen LogP contribution >= 0.6 is 0 Å². The molecule has 0 radical (unpaired) electrons. The first kappa shape index (κ1) is 8.57. The predicted octanol–water partition coefficient (Wildman–Crippen LogP) is 1.86. The first-order valence-electron chi connectivity index (χ1n) is 4.62. The number of ether oxygens (including phenoxy) is 1. The summed E-state index contributed by atoms with van der Waals surface area (Å²) in [6.45, 7) is 4.76. The van der Waals surface area contributed by atoms with Gasteiger partial charge in [0.2, 0.25) is 0 Å². The van der Waals surface area contributed by atoms with Gasteiger partial charge in [0.1, 0.15) is 11.4 Å². The second kappa shape index (κ2) is 2.74. The quantitative estimate of drug-likeness (QED) is 0.710. The molecular weight excluding hydrogens is 162 g/mol. The standard InChI is InChI=1S/C11H15NO/c1-11(2)6-8-4-3-5-9(7-12)10(8)13-11/h3-5H,6-7,12H2,1-2H3. The van der Waals surface area contributed by atoms with E-state index < -0.39 is 0 Å². The molecule has 2 rings (SSSR count). The van der Waals surface area contributed by atoms with Gasteiger partial charge >= 0.3 is 0 Å². The highest BCUT2D eigenvalue weighted by molar-refractivity contribution is 5.45. The van der Waals surface area contributed by atoms with Gasteiger partial charge in [-0.2, -0.15) is 0 Å². The first-order chi connectivity index (χ1) is 6.12. The largest absolute Gasteiger partial charge is 0.487 e. The van der Waals surface area contributed by atoms with E-state index in [0.717, 1.165) is 17.7 Å². The average molecular weight is 177 g/mol. The first-order valence-corrected chi connectivity index (χ1v) is 4.62. The fraction of sp³-hybridized carbons (Fsp3) is 0.455. The van der Waals surface area contributed by atoms with E-state index in [-0.39, 0.29) is 5.60 Å². The van der Waals surface area contributed by atoms with Gasteiger partial charge < -0.3 is 10.5 Å². The molecule has 0 spiro atoms. The molecule has 0 aromatic heterocycles. The fourth-order valence-electron chi connectivity index (χ4n) is 1.84. The summed E-state index contributed by atoms with van der Waals surface area (Å²) in [5, 5.41) is 0. The van der Waals surface area contributed by atoms with Crippen molar-refractivity contribution in [1.29, 1.82) is 0 Å². The van der Waals surface area contributed by atoms with Crippen molar-refractivity contribution >= 4 is 0 Å². The molecule has 1 aliphatic heterocycles. The lowest BCUT2D eigenvalue weighted by molar-refractivity contribution is 0.137. The number of rotatable bonds is 1. The summed E-state index contributed by atoms with van der Waals surface area (Å²) in [4.78, 5) is 0. The molecule has 0 saturated carbocycles. The number of para-hydroxylation sites is 1. The molecule has 1 aliphatic rings. The van der Waals surface area contributed by atoms with E-state index >= 15 is 0 Å². The number of nitrogens with two attached hydrogens (primary N) is 1. The van der Waals surface area contributed by atoms with Crippen LogP contribution in [0.5, 0.6) is 5.75 Å². The summed E-state index contributed by atoms with van der Waals surface area (Å²) in [6.07, 6.45) is 0.982. The van der Waals surface area contributed by atoms with Gasteiger partial charge in [-0.1, -0.05) is 18.2 Å². The van der Waals surface area contributed by atoms with Crippen LogP contribution in [0.25, 0.3) is 0 Å². The summed E-state index contributed by atoms with van der Waals surface area (Å²) in [6, 6.07) is 6.19. The summed E-state index contributed by atoms with van der Waals surface area (Å²) < 4.78 is 5.84. The Morgan fingerprint density at radius 3 is 2.92 bits per heavy atom. The highest BCUT2D eigenvalue weighted by Crippen LogP contribution is 2.37. The van der Waals surface area contributed by atoms with Crippen molar-refractivity contribution in [2.24, 2.45) is 5.73 Å². The smallest absolute Gasteiger partial charge is 0.127 e. The minimum Gasteiger partial charge on any atom is -0.487 e. The maximum Gasteiger partial charge on any atom is 0.127 e. The summed E-state index contributed by atoms with van der Waals surface area (Å²) in [7, 11) is 0. The van der Waals surface area contributed by atoms with Crippen LogP contribution < -0.4 is 10.5 Å². The van der Waals surface area contributed by atoms with Crippen LogP contribution in [0, 0.1) is 0 Å². The lowest BCUT2D eigenvalue weighted by Gasteiger charge is -2.17. The molecule has 1 aromatic carbocycles. The monoisotopic (exact) mass is 177 g/mol. The van der Waals surface area contributed by atoms with Crippen LogP contribution in [0.1, 0.15) is 25.0 Å². The van der Waals surface area contributed by atoms with Crippen LogP contribution in [-0.4, -0.2) is 5.60 Å². The van der Waals surface area contributed by atoms with Gasteiger partial charge in [-0.3, -0.25) is 0 Å². The van der Waals surface area contributed by atoms with Gasteiger partial charge in [-0.25, -0.2) is 0 Å². The Kier molecular flexibility index (Phi) is 1.81. The maximum absolute atomic E-state index is 5.84. The third-order valence-corrected chi connectivity index (χ3v) is 2.39. The molecule has 2 N–H and O–H groups in total. The number of benzene rings is 1. The fourth-order valence-corrected chi connectivity index (χ4v) is 1.84. The van der Waals surface area contributed by atoms with Crippen LogP contribution in [0.4, 0.5) is 0 Å². The second-order valence-electron chi connectivity index (χ2n) is 4.15. The summed E-state index contributed by atoms with van der Waals surface area (Å²) in [5.74, 6) is 1.01. The van der Waals surface area contributed by atoms with Crippen LogP contribution in [0.3, 0.4) is 0 Å². The Labute approximate surface area is 78.7 Å². The lowest BCUT2D eigenvalue weighted by atomic mass is 10.0. The van der Waals surface area contributed by atoms with E-state index in [0.29, 0.717) is 6.54 Å². The van der Waals surface area contributed by atoms with Gasteiger partial charge in [0, 0.05) is 18.5 Å². The zero-order chi connectivity index (χ0) is 9.47. The molecule has 13 heavy (non-hydrogen) atoms. The molecule has 1 heterocycles. The minimum absolute atomic E-state index is 0.0619. The Hall–Kier alpha value is -1.02. The molecule has 0 amide bonds. The summed E-state index contributed by atoms with van der Waals surface area (Å²) >= 11 is 0.